The van der Waals surface area contributed by atoms with Crippen molar-refractivity contribution in [2.24, 2.45) is 23.7 Å². The molecule has 0 aromatic carbocycles. The molecule has 118 valence electrons. The van der Waals surface area contributed by atoms with Crippen LogP contribution in [0, 0.1) is 23.7 Å². The lowest BCUT2D eigenvalue weighted by Crippen LogP contribution is -2.11. The van der Waals surface area contributed by atoms with E-state index in [0.29, 0.717) is 0 Å². The minimum atomic E-state index is 0.915. The lowest BCUT2D eigenvalue weighted by Gasteiger charge is -2.22. The van der Waals surface area contributed by atoms with E-state index >= 15 is 0 Å². The molecule has 0 spiro atoms. The molecule has 0 aliphatic heterocycles. The molecule has 0 aromatic rings. The summed E-state index contributed by atoms with van der Waals surface area (Å²) in [5.74, 6) is 3.67. The second-order valence-corrected chi connectivity index (χ2v) is 6.84. The largest absolute Gasteiger partial charge is 0.0656 e. The van der Waals surface area contributed by atoms with Gasteiger partial charge in [0.05, 0.1) is 0 Å². The molecule has 0 heteroatoms. The summed E-state index contributed by atoms with van der Waals surface area (Å²) in [5.41, 5.74) is 0. The third-order valence-electron chi connectivity index (χ3n) is 4.59. The van der Waals surface area contributed by atoms with Crippen molar-refractivity contribution in [1.29, 1.82) is 0 Å². The summed E-state index contributed by atoms with van der Waals surface area (Å²) in [6.07, 6.45) is 9.63. The molecule has 0 saturated carbocycles. The molecule has 0 nitrogen and oxygen atoms in total. The Hall–Kier alpha value is 0. The Kier molecular flexibility index (Phi) is 16.2. The van der Waals surface area contributed by atoms with E-state index in [1.807, 2.05) is 0 Å². The second kappa shape index (κ2) is 14.4. The molecule has 0 amide bonds. The van der Waals surface area contributed by atoms with Crippen molar-refractivity contribution in [3.05, 3.63) is 0 Å². The van der Waals surface area contributed by atoms with Crippen molar-refractivity contribution in [2.45, 2.75) is 100 Å². The van der Waals surface area contributed by atoms with Gasteiger partial charge in [0.25, 0.3) is 0 Å². The Bertz CT molecular complexity index is 143. The minimum absolute atomic E-state index is 0.915. The summed E-state index contributed by atoms with van der Waals surface area (Å²) < 4.78 is 0. The van der Waals surface area contributed by atoms with Crippen molar-refractivity contribution in [3.63, 3.8) is 0 Å². The molecular formula is C19H42. The summed E-state index contributed by atoms with van der Waals surface area (Å²) in [7, 11) is 0. The second-order valence-electron chi connectivity index (χ2n) is 6.84. The van der Waals surface area contributed by atoms with Crippen LogP contribution in [0.2, 0.25) is 0 Å². The van der Waals surface area contributed by atoms with Gasteiger partial charge in [-0.1, -0.05) is 100 Å². The van der Waals surface area contributed by atoms with Crippen molar-refractivity contribution in [3.8, 4) is 0 Å². The summed E-state index contributed by atoms with van der Waals surface area (Å²) in [5, 5.41) is 0. The predicted molar refractivity (Wildman–Crippen MR) is 91.7 cm³/mol. The summed E-state index contributed by atoms with van der Waals surface area (Å²) >= 11 is 0. The highest BCUT2D eigenvalue weighted by atomic mass is 14.2. The summed E-state index contributed by atoms with van der Waals surface area (Å²) in [6, 6.07) is 0. The number of hydrogen-bond acceptors (Lipinski definition) is 0. The zero-order valence-electron chi connectivity index (χ0n) is 15.3. The van der Waals surface area contributed by atoms with E-state index in [-0.39, 0.29) is 0 Å². The fourth-order valence-electron chi connectivity index (χ4n) is 2.07. The van der Waals surface area contributed by atoms with Crippen LogP contribution in [-0.2, 0) is 0 Å². The van der Waals surface area contributed by atoms with E-state index in [4.69, 9.17) is 0 Å². The standard InChI is InChI=1S/C16H34.C3H8/c1-7-13(3)9-11-15(5)16(6)12-10-14(4)8-2;1-3-2/h13-16H,7-12H2,1-6H3;3H2,1-2H3. The van der Waals surface area contributed by atoms with Crippen LogP contribution < -0.4 is 0 Å². The minimum Gasteiger partial charge on any atom is -0.0656 e. The molecule has 0 aliphatic carbocycles. The Balaban J connectivity index is 0. The van der Waals surface area contributed by atoms with Gasteiger partial charge in [0.2, 0.25) is 0 Å². The average molecular weight is 271 g/mol. The quantitative estimate of drug-likeness (QED) is 0.411. The zero-order valence-corrected chi connectivity index (χ0v) is 15.3. The van der Waals surface area contributed by atoms with E-state index in [1.54, 1.807) is 0 Å². The lowest BCUT2D eigenvalue weighted by atomic mass is 9.84. The van der Waals surface area contributed by atoms with Gasteiger partial charge in [0.15, 0.2) is 0 Å². The average Bonchev–Trinajstić information content (AvgIpc) is 2.41. The molecule has 0 radical (unpaired) electrons. The predicted octanol–water partition coefficient (Wildman–Crippen LogP) is 7.33. The summed E-state index contributed by atoms with van der Waals surface area (Å²) in [4.78, 5) is 0. The Morgan fingerprint density at radius 2 is 0.789 bits per heavy atom. The van der Waals surface area contributed by atoms with Crippen molar-refractivity contribution in [2.75, 3.05) is 0 Å². The van der Waals surface area contributed by atoms with Crippen LogP contribution in [0.5, 0.6) is 0 Å². The topological polar surface area (TPSA) is 0 Å². The first kappa shape index (κ1) is 21.3. The van der Waals surface area contributed by atoms with Gasteiger partial charge in [-0.2, -0.15) is 0 Å². The maximum atomic E-state index is 2.45. The summed E-state index contributed by atoms with van der Waals surface area (Å²) in [6.45, 7) is 18.5. The maximum absolute atomic E-state index is 2.45. The van der Waals surface area contributed by atoms with E-state index in [2.05, 4.69) is 55.4 Å². The van der Waals surface area contributed by atoms with E-state index < -0.39 is 0 Å². The molecule has 0 fully saturated rings. The fourth-order valence-corrected chi connectivity index (χ4v) is 2.07. The van der Waals surface area contributed by atoms with E-state index in [0.717, 1.165) is 23.7 Å². The molecule has 4 atom stereocenters. The normalized spacial score (nSPS) is 17.1. The van der Waals surface area contributed by atoms with Crippen LogP contribution >= 0.6 is 0 Å². The Labute approximate surface area is 124 Å². The SMILES string of the molecule is CCC.CCC(C)CCC(C)C(C)CCC(C)CC. The lowest BCUT2D eigenvalue weighted by molar-refractivity contribution is 0.293. The monoisotopic (exact) mass is 270 g/mol. The Morgan fingerprint density at radius 1 is 0.526 bits per heavy atom. The van der Waals surface area contributed by atoms with Crippen LogP contribution in [-0.4, -0.2) is 0 Å². The first-order valence-electron chi connectivity index (χ1n) is 8.92. The van der Waals surface area contributed by atoms with Crippen molar-refractivity contribution < 1.29 is 0 Å². The van der Waals surface area contributed by atoms with Gasteiger partial charge in [0, 0.05) is 0 Å². The molecule has 4 unspecified atom stereocenters. The molecule has 0 rings (SSSR count). The van der Waals surface area contributed by atoms with Crippen LogP contribution in [0.25, 0.3) is 0 Å². The number of rotatable bonds is 9. The number of hydrogen-bond donors (Lipinski definition) is 0. The van der Waals surface area contributed by atoms with Gasteiger partial charge in [-0.15, -0.1) is 0 Å². The fraction of sp³-hybridized carbons (Fsp3) is 1.00. The van der Waals surface area contributed by atoms with Crippen LogP contribution in [0.4, 0.5) is 0 Å². The van der Waals surface area contributed by atoms with Gasteiger partial charge < -0.3 is 0 Å². The highest BCUT2D eigenvalue weighted by Crippen LogP contribution is 2.26. The highest BCUT2D eigenvalue weighted by Gasteiger charge is 2.14. The van der Waals surface area contributed by atoms with Crippen molar-refractivity contribution in [1.82, 2.24) is 0 Å². The first-order valence-corrected chi connectivity index (χ1v) is 8.92. The molecule has 0 saturated heterocycles. The van der Waals surface area contributed by atoms with Crippen LogP contribution in [0.3, 0.4) is 0 Å². The highest BCUT2D eigenvalue weighted by molar-refractivity contribution is 4.65. The van der Waals surface area contributed by atoms with Gasteiger partial charge in [-0.3, -0.25) is 0 Å². The van der Waals surface area contributed by atoms with Gasteiger partial charge in [-0.05, 0) is 23.7 Å². The molecule has 0 N–H and O–H groups in total. The molecule has 0 heterocycles. The van der Waals surface area contributed by atoms with Crippen molar-refractivity contribution >= 4 is 0 Å². The van der Waals surface area contributed by atoms with Crippen LogP contribution in [0.15, 0.2) is 0 Å². The third kappa shape index (κ3) is 14.2. The van der Waals surface area contributed by atoms with E-state index in [9.17, 15) is 0 Å². The van der Waals surface area contributed by atoms with Crippen LogP contribution in [0.1, 0.15) is 100 Å². The third-order valence-corrected chi connectivity index (χ3v) is 4.59. The molecule has 0 aromatic heterocycles. The van der Waals surface area contributed by atoms with Gasteiger partial charge >= 0.3 is 0 Å². The van der Waals surface area contributed by atoms with Gasteiger partial charge in [-0.25, -0.2) is 0 Å². The Morgan fingerprint density at radius 3 is 1.00 bits per heavy atom. The zero-order chi connectivity index (χ0) is 15.3. The maximum Gasteiger partial charge on any atom is -0.0417 e. The first-order chi connectivity index (χ1) is 8.92. The molecular weight excluding hydrogens is 228 g/mol. The molecule has 0 aliphatic rings. The molecule has 0 bridgehead atoms. The van der Waals surface area contributed by atoms with E-state index in [1.165, 1.54) is 44.9 Å². The van der Waals surface area contributed by atoms with Gasteiger partial charge in [0.1, 0.15) is 0 Å². The smallest absolute Gasteiger partial charge is 0.0417 e. The molecule has 19 heavy (non-hydrogen) atoms.